The molecule has 2 amide bonds. The van der Waals surface area contributed by atoms with Gasteiger partial charge in [0.05, 0.1) is 0 Å². The molecule has 0 aliphatic heterocycles. The zero-order chi connectivity index (χ0) is 25.1. The standard InChI is InChI=1S/C28H40N2O4/c1-19(2)23-13-11-21(5)17-25(23)33-27(31)29-15-9-7-8-10-16-30-28(32)34-26-18-22(6)12-14-24(26)20(3)4/h11-14,17-20H,7-10,15-16H2,1-6H3,(H,29,31)(H,30,32). The van der Waals surface area contributed by atoms with E-state index in [9.17, 15) is 9.59 Å². The summed E-state index contributed by atoms with van der Waals surface area (Å²) in [4.78, 5) is 24.3. The number of carbonyl (C=O) groups is 2. The van der Waals surface area contributed by atoms with Crippen molar-refractivity contribution in [3.05, 3.63) is 58.7 Å². The van der Waals surface area contributed by atoms with Crippen molar-refractivity contribution in [3.8, 4) is 11.5 Å². The molecule has 6 nitrogen and oxygen atoms in total. The number of nitrogens with one attached hydrogen (secondary N) is 2. The van der Waals surface area contributed by atoms with Crippen molar-refractivity contribution in [1.82, 2.24) is 10.6 Å². The average Bonchev–Trinajstić information content (AvgIpc) is 2.75. The Balaban J connectivity index is 1.60. The van der Waals surface area contributed by atoms with E-state index in [0.29, 0.717) is 24.6 Å². The van der Waals surface area contributed by atoms with Crippen molar-refractivity contribution in [2.75, 3.05) is 13.1 Å². The lowest BCUT2D eigenvalue weighted by molar-refractivity contribution is 0.198. The SMILES string of the molecule is Cc1ccc(C(C)C)c(OC(=O)NCCCCCCNC(=O)Oc2cc(C)ccc2C(C)C)c1. The number of benzene rings is 2. The molecule has 0 aliphatic carbocycles. The maximum Gasteiger partial charge on any atom is 0.412 e. The molecule has 2 N–H and O–H groups in total. The van der Waals surface area contributed by atoms with E-state index in [2.05, 4.69) is 38.3 Å². The summed E-state index contributed by atoms with van der Waals surface area (Å²) in [5.41, 5.74) is 4.16. The van der Waals surface area contributed by atoms with E-state index in [4.69, 9.17) is 9.47 Å². The van der Waals surface area contributed by atoms with E-state index >= 15 is 0 Å². The molecule has 0 saturated heterocycles. The van der Waals surface area contributed by atoms with Gasteiger partial charge in [0.25, 0.3) is 0 Å². The van der Waals surface area contributed by atoms with Crippen molar-refractivity contribution < 1.29 is 19.1 Å². The Kier molecular flexibility index (Phi) is 10.9. The maximum absolute atomic E-state index is 12.2. The molecular weight excluding hydrogens is 428 g/mol. The van der Waals surface area contributed by atoms with Crippen LogP contribution in [0.3, 0.4) is 0 Å². The van der Waals surface area contributed by atoms with Gasteiger partial charge < -0.3 is 20.1 Å². The Labute approximate surface area is 204 Å². The molecule has 2 aromatic carbocycles. The zero-order valence-corrected chi connectivity index (χ0v) is 21.5. The number of ether oxygens (including phenoxy) is 2. The molecule has 0 aliphatic rings. The molecule has 6 heteroatoms. The van der Waals surface area contributed by atoms with Crippen molar-refractivity contribution in [2.45, 2.75) is 79.1 Å². The zero-order valence-electron chi connectivity index (χ0n) is 21.5. The van der Waals surface area contributed by atoms with Crippen LogP contribution in [-0.2, 0) is 0 Å². The highest BCUT2D eigenvalue weighted by Crippen LogP contribution is 2.28. The first kappa shape index (κ1) is 27.2. The predicted molar refractivity (Wildman–Crippen MR) is 137 cm³/mol. The summed E-state index contributed by atoms with van der Waals surface area (Å²) in [5, 5.41) is 5.64. The summed E-state index contributed by atoms with van der Waals surface area (Å²) in [6.07, 6.45) is 2.77. The molecule has 0 bridgehead atoms. The first-order chi connectivity index (χ1) is 16.2. The number of amides is 2. The molecule has 0 aromatic heterocycles. The van der Waals surface area contributed by atoms with Crippen LogP contribution < -0.4 is 20.1 Å². The molecule has 0 radical (unpaired) electrons. The smallest absolute Gasteiger partial charge is 0.410 e. The Morgan fingerprint density at radius 3 is 1.41 bits per heavy atom. The molecule has 2 aromatic rings. The van der Waals surface area contributed by atoms with Gasteiger partial charge in [-0.1, -0.05) is 64.8 Å². The third-order valence-corrected chi connectivity index (χ3v) is 5.63. The second kappa shape index (κ2) is 13.6. The second-order valence-corrected chi connectivity index (χ2v) is 9.44. The van der Waals surface area contributed by atoms with E-state index in [1.54, 1.807) is 0 Å². The molecule has 0 fully saturated rings. The van der Waals surface area contributed by atoms with Gasteiger partial charge in [-0.15, -0.1) is 0 Å². The third kappa shape index (κ3) is 9.08. The van der Waals surface area contributed by atoms with Crippen molar-refractivity contribution in [2.24, 2.45) is 0 Å². The summed E-state index contributed by atoms with van der Waals surface area (Å²) in [6.45, 7) is 13.4. The van der Waals surface area contributed by atoms with Crippen LogP contribution in [0.15, 0.2) is 36.4 Å². The number of hydrogen-bond donors (Lipinski definition) is 2. The van der Waals surface area contributed by atoms with E-state index < -0.39 is 12.2 Å². The number of carbonyl (C=O) groups excluding carboxylic acids is 2. The molecule has 0 unspecified atom stereocenters. The Morgan fingerprint density at radius 1 is 0.676 bits per heavy atom. The van der Waals surface area contributed by atoms with E-state index in [0.717, 1.165) is 47.9 Å². The number of rotatable bonds is 11. The Hall–Kier alpha value is -3.02. The van der Waals surface area contributed by atoms with Crippen LogP contribution in [0, 0.1) is 13.8 Å². The fourth-order valence-corrected chi connectivity index (χ4v) is 3.67. The fraction of sp³-hybridized carbons (Fsp3) is 0.500. The van der Waals surface area contributed by atoms with Crippen LogP contribution in [0.5, 0.6) is 11.5 Å². The van der Waals surface area contributed by atoms with Gasteiger partial charge in [0.1, 0.15) is 11.5 Å². The summed E-state index contributed by atoms with van der Waals surface area (Å²) in [5.74, 6) is 1.81. The van der Waals surface area contributed by atoms with Crippen LogP contribution in [0.25, 0.3) is 0 Å². The van der Waals surface area contributed by atoms with Gasteiger partial charge in [-0.05, 0) is 72.9 Å². The van der Waals surface area contributed by atoms with Crippen molar-refractivity contribution in [3.63, 3.8) is 0 Å². The van der Waals surface area contributed by atoms with Crippen LogP contribution in [0.4, 0.5) is 9.59 Å². The Bertz CT molecular complexity index is 876. The molecule has 186 valence electrons. The fourth-order valence-electron chi connectivity index (χ4n) is 3.67. The maximum atomic E-state index is 12.2. The van der Waals surface area contributed by atoms with Gasteiger partial charge in [-0.3, -0.25) is 0 Å². The summed E-state index contributed by atoms with van der Waals surface area (Å²) in [6, 6.07) is 11.9. The largest absolute Gasteiger partial charge is 0.412 e. The monoisotopic (exact) mass is 468 g/mol. The first-order valence-corrected chi connectivity index (χ1v) is 12.3. The molecule has 0 atom stereocenters. The van der Waals surface area contributed by atoms with E-state index in [1.165, 1.54) is 0 Å². The Morgan fingerprint density at radius 2 is 1.06 bits per heavy atom. The van der Waals surface area contributed by atoms with Gasteiger partial charge in [0, 0.05) is 13.1 Å². The van der Waals surface area contributed by atoms with E-state index in [-0.39, 0.29) is 11.8 Å². The van der Waals surface area contributed by atoms with Crippen LogP contribution in [0.2, 0.25) is 0 Å². The van der Waals surface area contributed by atoms with Gasteiger partial charge in [0.15, 0.2) is 0 Å². The normalized spacial score (nSPS) is 10.9. The number of aryl methyl sites for hydroxylation is 2. The molecule has 0 saturated carbocycles. The molecule has 0 heterocycles. The highest BCUT2D eigenvalue weighted by molar-refractivity contribution is 5.71. The molecule has 34 heavy (non-hydrogen) atoms. The average molecular weight is 469 g/mol. The summed E-state index contributed by atoms with van der Waals surface area (Å²) < 4.78 is 11.1. The highest BCUT2D eigenvalue weighted by atomic mass is 16.6. The summed E-state index contributed by atoms with van der Waals surface area (Å²) >= 11 is 0. The first-order valence-electron chi connectivity index (χ1n) is 12.3. The van der Waals surface area contributed by atoms with Crippen LogP contribution >= 0.6 is 0 Å². The number of hydrogen-bond acceptors (Lipinski definition) is 4. The van der Waals surface area contributed by atoms with Crippen molar-refractivity contribution >= 4 is 12.2 Å². The minimum absolute atomic E-state index is 0.281. The molecular formula is C28H40N2O4. The number of unbranched alkanes of at least 4 members (excludes halogenated alkanes) is 3. The summed E-state index contributed by atoms with van der Waals surface area (Å²) in [7, 11) is 0. The van der Waals surface area contributed by atoms with Crippen LogP contribution in [0.1, 0.15) is 87.5 Å². The second-order valence-electron chi connectivity index (χ2n) is 9.44. The minimum atomic E-state index is -0.422. The van der Waals surface area contributed by atoms with Crippen LogP contribution in [-0.4, -0.2) is 25.3 Å². The quantitative estimate of drug-likeness (QED) is 0.349. The van der Waals surface area contributed by atoms with Gasteiger partial charge in [-0.25, -0.2) is 9.59 Å². The topological polar surface area (TPSA) is 76.7 Å². The predicted octanol–water partition coefficient (Wildman–Crippen LogP) is 6.99. The highest BCUT2D eigenvalue weighted by Gasteiger charge is 2.13. The molecule has 2 rings (SSSR count). The third-order valence-electron chi connectivity index (χ3n) is 5.63. The van der Waals surface area contributed by atoms with Crippen molar-refractivity contribution in [1.29, 1.82) is 0 Å². The lowest BCUT2D eigenvalue weighted by Gasteiger charge is -2.14. The van der Waals surface area contributed by atoms with Gasteiger partial charge >= 0.3 is 12.2 Å². The van der Waals surface area contributed by atoms with Gasteiger partial charge in [0.2, 0.25) is 0 Å². The lowest BCUT2D eigenvalue weighted by Crippen LogP contribution is -2.28. The lowest BCUT2D eigenvalue weighted by atomic mass is 10.0. The molecule has 0 spiro atoms. The van der Waals surface area contributed by atoms with Gasteiger partial charge in [-0.2, -0.15) is 0 Å². The minimum Gasteiger partial charge on any atom is -0.410 e. The van der Waals surface area contributed by atoms with E-state index in [1.807, 2.05) is 50.2 Å².